The highest BCUT2D eigenvalue weighted by Crippen LogP contribution is 2.45. The lowest BCUT2D eigenvalue weighted by Gasteiger charge is -2.41. The van der Waals surface area contributed by atoms with Crippen molar-refractivity contribution in [2.24, 2.45) is 0 Å². The van der Waals surface area contributed by atoms with Crippen molar-refractivity contribution in [2.45, 2.75) is 44.0 Å². The number of aliphatic hydroxyl groups excluding tert-OH is 1. The Morgan fingerprint density at radius 1 is 1.21 bits per heavy atom. The maximum atomic E-state index is 13.2. The van der Waals surface area contributed by atoms with Crippen LogP contribution >= 0.6 is 0 Å². The van der Waals surface area contributed by atoms with Crippen molar-refractivity contribution in [3.8, 4) is 0 Å². The molecule has 0 radical (unpaired) electrons. The molecule has 0 saturated carbocycles. The van der Waals surface area contributed by atoms with Crippen molar-refractivity contribution in [1.82, 2.24) is 4.90 Å². The molecule has 2 aromatic rings. The Balaban J connectivity index is 1.66. The van der Waals surface area contributed by atoms with Gasteiger partial charge in [0.1, 0.15) is 5.66 Å². The first kappa shape index (κ1) is 18.6. The van der Waals surface area contributed by atoms with Gasteiger partial charge < -0.3 is 5.11 Å². The zero-order valence-corrected chi connectivity index (χ0v) is 15.7. The number of aliphatic hydroxyl groups is 1. The zero-order chi connectivity index (χ0) is 19.9. The van der Waals surface area contributed by atoms with Gasteiger partial charge in [0.2, 0.25) is 5.91 Å². The van der Waals surface area contributed by atoms with Gasteiger partial charge in [-0.2, -0.15) is 0 Å². The van der Waals surface area contributed by atoms with Gasteiger partial charge in [-0.1, -0.05) is 18.2 Å². The largest absolute Gasteiger partial charge is 0.388 e. The minimum Gasteiger partial charge on any atom is -0.388 e. The molecule has 0 spiro atoms. The quantitative estimate of drug-likeness (QED) is 0.635. The third kappa shape index (κ3) is 2.96. The molecule has 0 aliphatic carbocycles. The molecule has 2 saturated heterocycles. The Hall–Kier alpha value is -2.77. The summed E-state index contributed by atoms with van der Waals surface area (Å²) in [4.78, 5) is 27.6. The van der Waals surface area contributed by atoms with E-state index in [2.05, 4.69) is 4.90 Å². The number of nitro benzene ring substituents is 1. The van der Waals surface area contributed by atoms with Crippen LogP contribution in [0.3, 0.4) is 0 Å². The molecule has 1 amide bonds. The molecule has 0 aromatic heterocycles. The molecule has 0 bridgehead atoms. The number of carbonyl (C=O) groups is 1. The fraction of sp³-hybridized carbons (Fsp3) is 0.381. The number of nitro groups is 1. The van der Waals surface area contributed by atoms with Crippen molar-refractivity contribution < 1.29 is 14.8 Å². The Morgan fingerprint density at radius 2 is 1.89 bits per heavy atom. The lowest BCUT2D eigenvalue weighted by molar-refractivity contribution is -0.384. The van der Waals surface area contributed by atoms with Crippen LogP contribution in [0, 0.1) is 10.1 Å². The van der Waals surface area contributed by atoms with E-state index in [-0.39, 0.29) is 17.6 Å². The van der Waals surface area contributed by atoms with E-state index in [1.54, 1.807) is 12.1 Å². The number of nitrogens with zero attached hydrogens (tertiary/aromatic N) is 3. The third-order valence-electron chi connectivity index (χ3n) is 5.94. The maximum absolute atomic E-state index is 13.2. The summed E-state index contributed by atoms with van der Waals surface area (Å²) < 4.78 is 0. The summed E-state index contributed by atoms with van der Waals surface area (Å²) in [6, 6.07) is 15.3. The van der Waals surface area contributed by atoms with E-state index in [0.29, 0.717) is 12.0 Å². The second kappa shape index (κ2) is 7.00. The number of anilines is 1. The first-order valence-corrected chi connectivity index (χ1v) is 9.50. The van der Waals surface area contributed by atoms with E-state index < -0.39 is 16.7 Å². The van der Waals surface area contributed by atoms with Crippen LogP contribution in [0.5, 0.6) is 0 Å². The van der Waals surface area contributed by atoms with Crippen LogP contribution in [0.4, 0.5) is 11.4 Å². The minimum atomic E-state index is -0.843. The zero-order valence-electron chi connectivity index (χ0n) is 15.7. The number of hydrogen-bond donors (Lipinski definition) is 1. The van der Waals surface area contributed by atoms with E-state index in [1.807, 2.05) is 42.2 Å². The van der Waals surface area contributed by atoms with Crippen LogP contribution in [-0.4, -0.2) is 39.1 Å². The van der Waals surface area contributed by atoms with Crippen LogP contribution in [0.2, 0.25) is 0 Å². The lowest BCUT2D eigenvalue weighted by atomic mass is 9.96. The van der Waals surface area contributed by atoms with E-state index >= 15 is 0 Å². The average Bonchev–Trinajstić information content (AvgIpc) is 3.26. The van der Waals surface area contributed by atoms with Gasteiger partial charge in [0.15, 0.2) is 0 Å². The Kier molecular flexibility index (Phi) is 4.64. The topological polar surface area (TPSA) is 86.9 Å². The summed E-state index contributed by atoms with van der Waals surface area (Å²) in [5.74, 6) is 0.0714. The number of amides is 1. The van der Waals surface area contributed by atoms with Gasteiger partial charge in [0.05, 0.1) is 17.1 Å². The lowest BCUT2D eigenvalue weighted by Crippen LogP contribution is -2.53. The molecule has 146 valence electrons. The fourth-order valence-electron chi connectivity index (χ4n) is 4.61. The minimum absolute atomic E-state index is 0.0104. The summed E-state index contributed by atoms with van der Waals surface area (Å²) in [6.07, 6.45) is 1.26. The third-order valence-corrected chi connectivity index (χ3v) is 5.94. The molecule has 2 fully saturated rings. The molecule has 2 aromatic carbocycles. The summed E-state index contributed by atoms with van der Waals surface area (Å²) >= 11 is 0. The summed E-state index contributed by atoms with van der Waals surface area (Å²) in [6.45, 7) is 2.81. The highest BCUT2D eigenvalue weighted by atomic mass is 16.6. The van der Waals surface area contributed by atoms with Crippen molar-refractivity contribution in [1.29, 1.82) is 0 Å². The molecule has 1 N–H and O–H groups in total. The SMILES string of the molecule is C[C@@]1(CC(O)c2ccc([N+](=O)[O-])cc2)N(c2ccccc2)C(=O)[C@@H]2CCCN21. The van der Waals surface area contributed by atoms with Crippen LogP contribution in [0.15, 0.2) is 54.6 Å². The molecular weight excluding hydrogens is 358 g/mol. The molecule has 7 heteroatoms. The first-order chi connectivity index (χ1) is 13.4. The molecule has 7 nitrogen and oxygen atoms in total. The number of hydrogen-bond acceptors (Lipinski definition) is 5. The number of fused-ring (bicyclic) bond motifs is 1. The van der Waals surface area contributed by atoms with Gasteiger partial charge in [-0.3, -0.25) is 24.7 Å². The van der Waals surface area contributed by atoms with E-state index in [9.17, 15) is 20.0 Å². The number of para-hydroxylation sites is 1. The molecule has 2 heterocycles. The van der Waals surface area contributed by atoms with Crippen molar-refractivity contribution in [3.05, 3.63) is 70.3 Å². The molecule has 28 heavy (non-hydrogen) atoms. The smallest absolute Gasteiger partial charge is 0.269 e. The summed E-state index contributed by atoms with van der Waals surface area (Å²) in [5, 5.41) is 21.8. The van der Waals surface area contributed by atoms with Crippen LogP contribution in [0.25, 0.3) is 0 Å². The highest BCUT2D eigenvalue weighted by molar-refractivity contribution is 6.01. The van der Waals surface area contributed by atoms with Gasteiger partial charge in [0.25, 0.3) is 5.69 Å². The van der Waals surface area contributed by atoms with Gasteiger partial charge in [-0.25, -0.2) is 0 Å². The molecule has 2 aliphatic heterocycles. The van der Waals surface area contributed by atoms with E-state index in [4.69, 9.17) is 0 Å². The average molecular weight is 381 g/mol. The number of benzene rings is 2. The fourth-order valence-corrected chi connectivity index (χ4v) is 4.61. The Labute approximate surface area is 163 Å². The van der Waals surface area contributed by atoms with Crippen molar-refractivity contribution in [3.63, 3.8) is 0 Å². The summed E-state index contributed by atoms with van der Waals surface area (Å²) in [7, 11) is 0. The monoisotopic (exact) mass is 381 g/mol. The van der Waals surface area contributed by atoms with Crippen molar-refractivity contribution >= 4 is 17.3 Å². The van der Waals surface area contributed by atoms with Gasteiger partial charge >= 0.3 is 0 Å². The van der Waals surface area contributed by atoms with Gasteiger partial charge in [-0.15, -0.1) is 0 Å². The van der Waals surface area contributed by atoms with Crippen LogP contribution in [-0.2, 0) is 4.79 Å². The molecule has 1 unspecified atom stereocenters. The standard InChI is InChI=1S/C21H23N3O4/c1-21(14-19(25)15-9-11-17(12-10-15)24(27)28)22-13-5-8-18(22)20(26)23(21)16-6-3-2-4-7-16/h2-4,6-7,9-12,18-19,25H,5,8,13-14H2,1H3/t18-,19?,21-/m0/s1. The van der Waals surface area contributed by atoms with Gasteiger partial charge in [-0.05, 0) is 49.6 Å². The normalized spacial score (nSPS) is 25.7. The Bertz CT molecular complexity index is 886. The van der Waals surface area contributed by atoms with Crippen LogP contribution in [0.1, 0.15) is 37.9 Å². The Morgan fingerprint density at radius 3 is 2.54 bits per heavy atom. The molecule has 2 aliphatic rings. The summed E-state index contributed by atoms with van der Waals surface area (Å²) in [5.41, 5.74) is 0.750. The number of rotatable bonds is 5. The van der Waals surface area contributed by atoms with Crippen LogP contribution < -0.4 is 4.90 Å². The number of non-ortho nitro benzene ring substituents is 1. The second-order valence-corrected chi connectivity index (χ2v) is 7.65. The predicted octanol–water partition coefficient (Wildman–Crippen LogP) is 3.25. The van der Waals surface area contributed by atoms with E-state index in [1.165, 1.54) is 12.1 Å². The maximum Gasteiger partial charge on any atom is 0.269 e. The predicted molar refractivity (Wildman–Crippen MR) is 105 cm³/mol. The highest BCUT2D eigenvalue weighted by Gasteiger charge is 2.56. The number of carbonyl (C=O) groups excluding carboxylic acids is 1. The molecular formula is C21H23N3O4. The second-order valence-electron chi connectivity index (χ2n) is 7.65. The first-order valence-electron chi connectivity index (χ1n) is 9.50. The van der Waals surface area contributed by atoms with Gasteiger partial charge in [0, 0.05) is 30.8 Å². The van der Waals surface area contributed by atoms with E-state index in [0.717, 1.165) is 25.1 Å². The van der Waals surface area contributed by atoms with Crippen molar-refractivity contribution in [2.75, 3.05) is 11.4 Å². The molecule has 3 atom stereocenters. The molecule has 4 rings (SSSR count).